The number of methoxy groups -OCH3 is 1. The number of hydrogen-bond acceptors (Lipinski definition) is 13. The number of nitrogens with zero attached hydrogens (tertiary/aromatic N) is 1. The third-order valence-electron chi connectivity index (χ3n) is 3.89. The van der Waals surface area contributed by atoms with Gasteiger partial charge in [0.25, 0.3) is 0 Å². The van der Waals surface area contributed by atoms with Gasteiger partial charge in [-0.3, -0.25) is 13.7 Å². The van der Waals surface area contributed by atoms with Crippen molar-refractivity contribution in [3.05, 3.63) is 24.3 Å². The first-order valence-corrected chi connectivity index (χ1v) is 11.1. The molecule has 16 heteroatoms. The van der Waals surface area contributed by atoms with E-state index in [-0.39, 0.29) is 5.75 Å². The summed E-state index contributed by atoms with van der Waals surface area (Å²) in [6.07, 6.45) is -7.28. The van der Waals surface area contributed by atoms with E-state index in [0.717, 1.165) is 6.92 Å². The summed E-state index contributed by atoms with van der Waals surface area (Å²) in [5, 5.41) is 21.9. The first kappa shape index (κ1) is 25.2. The molecule has 0 unspecified atom stereocenters. The third kappa shape index (κ3) is 7.86. The standard InChI is InChI=1S/C15H21NO13S2/c1-8(17)16-12-14(29-31(22,23)24)13(18)11(7-26-30(19,20)21)28-15(12)27-10-5-3-9(25-2)4-6-10/h3-6,11-15,18H,7H2,1-2H3,(H,16,17)(H,19,20,21)(H,22,23,24)/p-2/t11-,12-,13+,14-,15-/m1/s1. The lowest BCUT2D eigenvalue weighted by Gasteiger charge is -2.42. The highest BCUT2D eigenvalue weighted by molar-refractivity contribution is 7.81. The zero-order chi connectivity index (χ0) is 23.4. The van der Waals surface area contributed by atoms with E-state index in [4.69, 9.17) is 18.8 Å². The van der Waals surface area contributed by atoms with Crippen molar-refractivity contribution in [2.75, 3.05) is 13.7 Å². The van der Waals surface area contributed by atoms with Crippen LogP contribution in [0.4, 0.5) is 0 Å². The molecule has 2 rings (SSSR count). The summed E-state index contributed by atoms with van der Waals surface area (Å²) in [5.74, 6) is -0.241. The summed E-state index contributed by atoms with van der Waals surface area (Å²) < 4.78 is 88.2. The molecule has 0 bridgehead atoms. The molecule has 0 amide bonds. The molecule has 1 fully saturated rings. The number of hydrogen-bond donors (Lipinski definition) is 2. The zero-order valence-corrected chi connectivity index (χ0v) is 17.7. The molecule has 0 spiro atoms. The predicted octanol–water partition coefficient (Wildman–Crippen LogP) is -2.03. The molecule has 0 radical (unpaired) electrons. The molecule has 1 aliphatic heterocycles. The van der Waals surface area contributed by atoms with Gasteiger partial charge in [0.15, 0.2) is 0 Å². The predicted molar refractivity (Wildman–Crippen MR) is 97.3 cm³/mol. The van der Waals surface area contributed by atoms with Crippen molar-refractivity contribution in [2.24, 2.45) is 4.99 Å². The van der Waals surface area contributed by atoms with Crippen LogP contribution in [0.15, 0.2) is 29.3 Å². The first-order chi connectivity index (χ1) is 14.3. The van der Waals surface area contributed by atoms with Gasteiger partial charge < -0.3 is 29.0 Å². The molecule has 0 aliphatic carbocycles. The van der Waals surface area contributed by atoms with Crippen LogP contribution in [-0.4, -0.2) is 81.3 Å². The van der Waals surface area contributed by atoms with Gasteiger partial charge in [-0.15, -0.1) is 0 Å². The van der Waals surface area contributed by atoms with Crippen LogP contribution >= 0.6 is 0 Å². The molecule has 1 saturated heterocycles. The Labute approximate surface area is 177 Å². The van der Waals surface area contributed by atoms with Crippen LogP contribution in [0.2, 0.25) is 0 Å². The number of aliphatic imine (C=N–C) groups is 1. The van der Waals surface area contributed by atoms with Crippen molar-refractivity contribution < 1.29 is 58.7 Å². The van der Waals surface area contributed by atoms with E-state index in [9.17, 15) is 31.6 Å². The highest BCUT2D eigenvalue weighted by Crippen LogP contribution is 2.30. The number of benzene rings is 1. The molecule has 14 nitrogen and oxygen atoms in total. The molecule has 5 atom stereocenters. The summed E-state index contributed by atoms with van der Waals surface area (Å²) in [7, 11) is -8.95. The average Bonchev–Trinajstić information content (AvgIpc) is 2.64. The summed E-state index contributed by atoms with van der Waals surface area (Å²) >= 11 is 0. The van der Waals surface area contributed by atoms with Crippen LogP contribution in [0.3, 0.4) is 0 Å². The molecule has 1 aliphatic rings. The summed E-state index contributed by atoms with van der Waals surface area (Å²) in [6, 6.07) is 4.22. The van der Waals surface area contributed by atoms with Gasteiger partial charge in [-0.1, -0.05) is 0 Å². The molecule has 1 aromatic carbocycles. The molecule has 2 N–H and O–H groups in total. The second-order valence-corrected chi connectivity index (χ2v) is 8.25. The van der Waals surface area contributed by atoms with Crippen molar-refractivity contribution in [2.45, 2.75) is 37.6 Å². The fourth-order valence-corrected chi connectivity index (χ4v) is 3.48. The van der Waals surface area contributed by atoms with E-state index in [1.165, 1.54) is 31.4 Å². The quantitative estimate of drug-likeness (QED) is 0.167. The molecular formula is C15H19NO13S2-2. The van der Waals surface area contributed by atoms with E-state index >= 15 is 0 Å². The Morgan fingerprint density at radius 3 is 2.26 bits per heavy atom. The van der Waals surface area contributed by atoms with Crippen molar-refractivity contribution in [3.8, 4) is 11.5 Å². The highest BCUT2D eigenvalue weighted by atomic mass is 32.3. The van der Waals surface area contributed by atoms with Gasteiger partial charge in [-0.25, -0.2) is 12.6 Å². The van der Waals surface area contributed by atoms with E-state index in [0.29, 0.717) is 5.75 Å². The maximum absolute atomic E-state index is 11.6. The molecule has 0 aromatic heterocycles. The smallest absolute Gasteiger partial charge is 0.397 e. The Morgan fingerprint density at radius 2 is 1.77 bits per heavy atom. The largest absolute Gasteiger partial charge is 0.862 e. The zero-order valence-electron chi connectivity index (χ0n) is 16.1. The normalized spacial score (nSPS) is 27.6. The lowest BCUT2D eigenvalue weighted by molar-refractivity contribution is -0.239. The molecular weight excluding hydrogens is 466 g/mol. The van der Waals surface area contributed by atoms with Gasteiger partial charge in [0.2, 0.25) is 16.7 Å². The van der Waals surface area contributed by atoms with Crippen LogP contribution in [-0.2, 0) is 33.9 Å². The second-order valence-electron chi connectivity index (χ2n) is 6.15. The maximum Gasteiger partial charge on any atom is 0.397 e. The Hall–Kier alpha value is -2.05. The Bertz CT molecular complexity index is 973. The SMILES string of the molecule is COc1ccc(O[C@@H]2O[C@H](COS(=O)(=O)[O-])[C@H](O)[C@H](OS(=O)(=O)O)[C@H]2N=C(C)[O-])cc1. The van der Waals surface area contributed by atoms with E-state index in [1.807, 2.05) is 0 Å². The van der Waals surface area contributed by atoms with Crippen LogP contribution < -0.4 is 14.6 Å². The van der Waals surface area contributed by atoms with Crippen LogP contribution in [0.1, 0.15) is 6.92 Å². The fourth-order valence-electron chi connectivity index (χ4n) is 2.67. The Morgan fingerprint density at radius 1 is 1.19 bits per heavy atom. The minimum absolute atomic E-state index is 0.118. The maximum atomic E-state index is 11.6. The number of aliphatic hydroxyl groups is 1. The van der Waals surface area contributed by atoms with Crippen LogP contribution in [0, 0.1) is 0 Å². The first-order valence-electron chi connectivity index (χ1n) is 8.40. The monoisotopic (exact) mass is 485 g/mol. The average molecular weight is 485 g/mol. The van der Waals surface area contributed by atoms with E-state index < -0.39 is 63.9 Å². The number of aliphatic hydroxyl groups excluding tert-OH is 1. The van der Waals surface area contributed by atoms with Crippen LogP contribution in [0.25, 0.3) is 0 Å². The fraction of sp³-hybridized carbons (Fsp3) is 0.533. The summed E-state index contributed by atoms with van der Waals surface area (Å²) in [5.41, 5.74) is 0. The van der Waals surface area contributed by atoms with Crippen LogP contribution in [0.5, 0.6) is 11.5 Å². The minimum atomic E-state index is -5.20. The van der Waals surface area contributed by atoms with Crippen molar-refractivity contribution in [3.63, 3.8) is 0 Å². The summed E-state index contributed by atoms with van der Waals surface area (Å²) in [6.45, 7) is -0.0336. The molecule has 176 valence electrons. The topological polar surface area (TPSA) is 213 Å². The van der Waals surface area contributed by atoms with E-state index in [1.54, 1.807) is 0 Å². The molecule has 31 heavy (non-hydrogen) atoms. The van der Waals surface area contributed by atoms with E-state index in [2.05, 4.69) is 13.4 Å². The third-order valence-corrected chi connectivity index (χ3v) is 4.78. The summed E-state index contributed by atoms with van der Waals surface area (Å²) in [4.78, 5) is 3.61. The van der Waals surface area contributed by atoms with Gasteiger partial charge >= 0.3 is 10.4 Å². The Balaban J connectivity index is 2.40. The Kier molecular flexibility index (Phi) is 8.17. The number of rotatable bonds is 9. The lowest BCUT2D eigenvalue weighted by atomic mass is 9.97. The van der Waals surface area contributed by atoms with Gasteiger partial charge in [-0.05, 0) is 37.1 Å². The van der Waals surface area contributed by atoms with Gasteiger partial charge in [0.05, 0.1) is 13.7 Å². The number of ether oxygens (including phenoxy) is 3. The minimum Gasteiger partial charge on any atom is -0.862 e. The second kappa shape index (κ2) is 10.0. The lowest BCUT2D eigenvalue weighted by Crippen LogP contribution is -2.61. The highest BCUT2D eigenvalue weighted by Gasteiger charge is 2.49. The molecule has 1 aromatic rings. The molecule has 0 saturated carbocycles. The molecule has 1 heterocycles. The van der Waals surface area contributed by atoms with Gasteiger partial charge in [0, 0.05) is 0 Å². The van der Waals surface area contributed by atoms with Crippen molar-refractivity contribution in [1.29, 1.82) is 0 Å². The van der Waals surface area contributed by atoms with Gasteiger partial charge in [0.1, 0.15) is 35.9 Å². The van der Waals surface area contributed by atoms with Gasteiger partial charge in [-0.2, -0.15) is 8.42 Å². The van der Waals surface area contributed by atoms with Crippen molar-refractivity contribution >= 4 is 26.7 Å². The van der Waals surface area contributed by atoms with Crippen molar-refractivity contribution in [1.82, 2.24) is 0 Å².